The maximum absolute atomic E-state index is 6.97. The molecule has 0 atom stereocenters. The van der Waals surface area contributed by atoms with Crippen LogP contribution in [0.5, 0.6) is 0 Å². The number of furan rings is 1. The van der Waals surface area contributed by atoms with Crippen molar-refractivity contribution in [1.82, 2.24) is 9.13 Å². The smallest absolute Gasteiger partial charge is 0.136 e. The topological polar surface area (TPSA) is 29.5 Å². The average molecular weight is 1050 g/mol. The Morgan fingerprint density at radius 2 is 0.732 bits per heavy atom. The van der Waals surface area contributed by atoms with Crippen molar-refractivity contribution in [3.8, 4) is 22.5 Å². The van der Waals surface area contributed by atoms with E-state index in [1.807, 2.05) is 0 Å². The molecule has 0 radical (unpaired) electrons. The van der Waals surface area contributed by atoms with E-state index >= 15 is 0 Å². The second-order valence-electron chi connectivity index (χ2n) is 22.5. The van der Waals surface area contributed by atoms with Crippen molar-refractivity contribution in [3.05, 3.63) is 290 Å². The summed E-state index contributed by atoms with van der Waals surface area (Å²) in [6.45, 7) is 4.74. The number of fused-ring (bicyclic) bond motifs is 14. The normalized spacial score (nSPS) is 12.9. The monoisotopic (exact) mass is 1050 g/mol. The van der Waals surface area contributed by atoms with Gasteiger partial charge in [-0.2, -0.15) is 0 Å². The van der Waals surface area contributed by atoms with Crippen LogP contribution in [0, 0.1) is 0 Å². The number of para-hydroxylation sites is 8. The van der Waals surface area contributed by atoms with Crippen molar-refractivity contribution in [2.24, 2.45) is 0 Å². The van der Waals surface area contributed by atoms with E-state index in [0.717, 1.165) is 83.7 Å². The summed E-state index contributed by atoms with van der Waals surface area (Å²) in [5, 5.41) is 11.8. The van der Waals surface area contributed by atoms with Crippen LogP contribution in [0.2, 0.25) is 0 Å². The molecule has 0 fully saturated rings. The van der Waals surface area contributed by atoms with Gasteiger partial charge in [0.2, 0.25) is 0 Å². The van der Waals surface area contributed by atoms with Gasteiger partial charge in [0.05, 0.1) is 33.4 Å². The van der Waals surface area contributed by atoms with Gasteiger partial charge >= 0.3 is 0 Å². The van der Waals surface area contributed by atoms with Crippen molar-refractivity contribution in [2.75, 3.05) is 9.80 Å². The first-order chi connectivity index (χ1) is 40.4. The van der Waals surface area contributed by atoms with E-state index in [0.29, 0.717) is 0 Å². The Bertz CT molecular complexity index is 5250. The second-order valence-corrected chi connectivity index (χ2v) is 22.5. The number of nitrogens with zero attached hydrogens (tertiary/aromatic N) is 4. The highest BCUT2D eigenvalue weighted by atomic mass is 16.3. The molecule has 17 rings (SSSR count). The van der Waals surface area contributed by atoms with Crippen LogP contribution in [0.15, 0.2) is 283 Å². The molecule has 386 valence electrons. The lowest BCUT2D eigenvalue weighted by Gasteiger charge is -2.27. The van der Waals surface area contributed by atoms with Crippen molar-refractivity contribution >= 4 is 121 Å². The average Bonchev–Trinajstić information content (AvgIpc) is 2.53. The lowest BCUT2D eigenvalue weighted by Crippen LogP contribution is -2.15. The predicted octanol–water partition coefficient (Wildman–Crippen LogP) is 21.3. The lowest BCUT2D eigenvalue weighted by molar-refractivity contribution is 0.648. The van der Waals surface area contributed by atoms with E-state index < -0.39 is 0 Å². The lowest BCUT2D eigenvalue weighted by atomic mass is 9.81. The van der Waals surface area contributed by atoms with Crippen LogP contribution in [0.3, 0.4) is 0 Å². The minimum Gasteiger partial charge on any atom is -0.456 e. The Hall–Kier alpha value is -10.6. The summed E-state index contributed by atoms with van der Waals surface area (Å²) in [4.78, 5) is 4.84. The molecule has 13 aromatic carbocycles. The fourth-order valence-electron chi connectivity index (χ4n) is 13.8. The molecule has 0 unspecified atom stereocenters. The first-order valence-electron chi connectivity index (χ1n) is 28.3. The molecule has 1 aliphatic carbocycles. The molecule has 0 saturated carbocycles. The molecule has 3 heterocycles. The van der Waals surface area contributed by atoms with E-state index in [1.54, 1.807) is 0 Å². The van der Waals surface area contributed by atoms with Crippen LogP contribution in [-0.4, -0.2) is 9.13 Å². The van der Waals surface area contributed by atoms with E-state index in [1.165, 1.54) is 71.1 Å². The van der Waals surface area contributed by atoms with E-state index in [2.05, 4.69) is 312 Å². The highest BCUT2D eigenvalue weighted by molar-refractivity contribution is 6.17. The molecule has 0 aliphatic heterocycles. The van der Waals surface area contributed by atoms with Crippen LogP contribution in [0.4, 0.5) is 34.1 Å². The molecule has 0 bridgehead atoms. The quantitative estimate of drug-likeness (QED) is 0.152. The number of hydrogen-bond donors (Lipinski definition) is 0. The summed E-state index contributed by atoms with van der Waals surface area (Å²) in [5.41, 5.74) is 20.2. The van der Waals surface area contributed by atoms with E-state index in [4.69, 9.17) is 4.42 Å². The van der Waals surface area contributed by atoms with Crippen LogP contribution >= 0.6 is 0 Å². The third-order valence-corrected chi connectivity index (χ3v) is 17.6. The summed E-state index contributed by atoms with van der Waals surface area (Å²) in [6.07, 6.45) is 0. The summed E-state index contributed by atoms with van der Waals surface area (Å²) in [7, 11) is 0. The number of benzene rings is 13. The summed E-state index contributed by atoms with van der Waals surface area (Å²) in [5.74, 6) is 0. The van der Waals surface area contributed by atoms with Crippen LogP contribution in [0.25, 0.3) is 110 Å². The summed E-state index contributed by atoms with van der Waals surface area (Å²) < 4.78 is 11.8. The number of aromatic nitrogens is 2. The third kappa shape index (κ3) is 6.87. The number of hydrogen-bond acceptors (Lipinski definition) is 3. The highest BCUT2D eigenvalue weighted by Crippen LogP contribution is 2.53. The van der Waals surface area contributed by atoms with Gasteiger partial charge < -0.3 is 23.4 Å². The Kier molecular flexibility index (Phi) is 9.99. The number of rotatable bonds is 8. The molecular formula is C77H52N4O. The molecule has 82 heavy (non-hydrogen) atoms. The molecule has 0 spiro atoms. The van der Waals surface area contributed by atoms with Crippen LogP contribution in [0.1, 0.15) is 25.0 Å². The Labute approximate surface area is 474 Å². The number of anilines is 6. The molecule has 0 N–H and O–H groups in total. The molecule has 16 aromatic rings. The molecule has 1 aliphatic rings. The minimum atomic E-state index is -0.279. The molecule has 5 heteroatoms. The first kappa shape index (κ1) is 46.3. The fraction of sp³-hybridized carbons (Fsp3) is 0.0390. The zero-order valence-electron chi connectivity index (χ0n) is 45.3. The van der Waals surface area contributed by atoms with E-state index in [-0.39, 0.29) is 5.41 Å². The maximum Gasteiger partial charge on any atom is 0.136 e. The summed E-state index contributed by atoms with van der Waals surface area (Å²) >= 11 is 0. The first-order valence-corrected chi connectivity index (χ1v) is 28.3. The Morgan fingerprint density at radius 1 is 0.305 bits per heavy atom. The van der Waals surface area contributed by atoms with E-state index in [9.17, 15) is 0 Å². The molecule has 5 nitrogen and oxygen atoms in total. The van der Waals surface area contributed by atoms with Crippen molar-refractivity contribution in [1.29, 1.82) is 0 Å². The zero-order valence-corrected chi connectivity index (χ0v) is 45.3. The molecule has 0 saturated heterocycles. The van der Waals surface area contributed by atoms with Gasteiger partial charge in [-0.3, -0.25) is 0 Å². The fourth-order valence-corrected chi connectivity index (χ4v) is 13.8. The molecular weight excluding hydrogens is 997 g/mol. The van der Waals surface area contributed by atoms with Gasteiger partial charge in [0.15, 0.2) is 0 Å². The third-order valence-electron chi connectivity index (χ3n) is 17.6. The second kappa shape index (κ2) is 17.7. The van der Waals surface area contributed by atoms with Gasteiger partial charge in [0.25, 0.3) is 0 Å². The maximum atomic E-state index is 6.97. The Morgan fingerprint density at radius 3 is 1.28 bits per heavy atom. The van der Waals surface area contributed by atoms with Gasteiger partial charge in [-0.15, -0.1) is 0 Å². The van der Waals surface area contributed by atoms with Gasteiger partial charge in [-0.1, -0.05) is 159 Å². The van der Waals surface area contributed by atoms with Crippen molar-refractivity contribution in [2.45, 2.75) is 19.3 Å². The zero-order chi connectivity index (χ0) is 54.2. The van der Waals surface area contributed by atoms with Gasteiger partial charge in [-0.05, 0) is 177 Å². The highest BCUT2D eigenvalue weighted by Gasteiger charge is 2.37. The standard InChI is InChI=1S/C77H52N4O/c1-77(2)67-45-51-41-57(78(53-21-7-3-8-22-53)71-35-19-31-61-59-29-15-17-33-69(59)80(75(61)71)55-25-11-5-12-26-55)39-37-49(51)43-63(67)64-47-66-65-44-50-38-40-58(42-52(50)46-73(65)82-74(66)48-68(64)77)79(54-23-9-4-10-24-54)72-36-20-32-62-60-30-16-18-34-70(60)81(76(62)72)56-27-13-6-14-28-56/h3-48H,1-2H3. The van der Waals surface area contributed by atoms with Gasteiger partial charge in [-0.25, -0.2) is 0 Å². The minimum absolute atomic E-state index is 0.279. The molecule has 3 aromatic heterocycles. The predicted molar refractivity (Wildman–Crippen MR) is 344 cm³/mol. The van der Waals surface area contributed by atoms with Crippen molar-refractivity contribution in [3.63, 3.8) is 0 Å². The molecule has 0 amide bonds. The van der Waals surface area contributed by atoms with Gasteiger partial charge in [0, 0.05) is 71.9 Å². The SMILES string of the molecule is CC1(C)c2cc3cc(N(c4ccccc4)c4cccc5c6ccccc6n(-c6ccccc6)c45)ccc3cc2-c2cc3c(cc21)oc1cc2cc(N(c4ccccc4)c4cccc5c6ccccc6n(-c6ccccc6)c45)ccc2cc13. The summed E-state index contributed by atoms with van der Waals surface area (Å²) in [6, 6.07) is 102. The van der Waals surface area contributed by atoms with Gasteiger partial charge in [0.1, 0.15) is 11.2 Å². The largest absolute Gasteiger partial charge is 0.456 e. The Balaban J connectivity index is 0.782. The van der Waals surface area contributed by atoms with Crippen LogP contribution in [-0.2, 0) is 5.41 Å². The van der Waals surface area contributed by atoms with Crippen molar-refractivity contribution < 1.29 is 4.42 Å². The van der Waals surface area contributed by atoms with Crippen LogP contribution < -0.4 is 9.80 Å².